The number of nitrogens with zero attached hydrogens (tertiary/aromatic N) is 1. The van der Waals surface area contributed by atoms with Crippen molar-refractivity contribution in [2.24, 2.45) is 0 Å². The lowest BCUT2D eigenvalue weighted by Gasteiger charge is -2.21. The fraction of sp³-hybridized carbons (Fsp3) is 0.438. The molecule has 0 aliphatic heterocycles. The van der Waals surface area contributed by atoms with Gasteiger partial charge in [0.1, 0.15) is 10.8 Å². The second-order valence-corrected chi connectivity index (χ2v) is 6.32. The molecule has 2 nitrogen and oxygen atoms in total. The molecule has 1 aliphatic carbocycles. The fourth-order valence-corrected chi connectivity index (χ4v) is 3.96. The predicted octanol–water partition coefficient (Wildman–Crippen LogP) is 3.98. The topological polar surface area (TPSA) is 24.9 Å². The summed E-state index contributed by atoms with van der Waals surface area (Å²) in [7, 11) is 0. The fourth-order valence-electron chi connectivity index (χ4n) is 2.77. The molecule has 0 fully saturated rings. The van der Waals surface area contributed by atoms with Gasteiger partial charge in [0.2, 0.25) is 0 Å². The van der Waals surface area contributed by atoms with Crippen LogP contribution in [0.2, 0.25) is 0 Å². The summed E-state index contributed by atoms with van der Waals surface area (Å²) >= 11 is 1.73. The van der Waals surface area contributed by atoms with E-state index in [0.29, 0.717) is 5.92 Å². The number of rotatable bonds is 4. The molecule has 0 saturated carbocycles. The SMILES string of the molecule is CCNCC1CCCc2sc(-c3cccc(F)c3)nc21. The van der Waals surface area contributed by atoms with Crippen molar-refractivity contribution in [2.45, 2.75) is 32.1 Å². The maximum atomic E-state index is 13.3. The molecule has 3 rings (SSSR count). The molecule has 1 aromatic carbocycles. The number of nitrogens with one attached hydrogen (secondary N) is 1. The Kier molecular flexibility index (Phi) is 4.13. The van der Waals surface area contributed by atoms with Gasteiger partial charge in [0.15, 0.2) is 0 Å². The smallest absolute Gasteiger partial charge is 0.123 e. The van der Waals surface area contributed by atoms with E-state index in [-0.39, 0.29) is 5.82 Å². The third-order valence-electron chi connectivity index (χ3n) is 3.78. The summed E-state index contributed by atoms with van der Waals surface area (Å²) in [5.41, 5.74) is 2.13. The summed E-state index contributed by atoms with van der Waals surface area (Å²) in [6.45, 7) is 4.12. The molecule has 1 atom stereocenters. The Morgan fingerprint density at radius 2 is 2.35 bits per heavy atom. The lowest BCUT2D eigenvalue weighted by molar-refractivity contribution is 0.509. The number of aromatic nitrogens is 1. The molecule has 1 unspecified atom stereocenters. The largest absolute Gasteiger partial charge is 0.316 e. The van der Waals surface area contributed by atoms with Crippen LogP contribution in [-0.4, -0.2) is 18.1 Å². The molecule has 1 heterocycles. The number of halogens is 1. The van der Waals surface area contributed by atoms with Gasteiger partial charge >= 0.3 is 0 Å². The minimum atomic E-state index is -0.195. The van der Waals surface area contributed by atoms with Gasteiger partial charge in [-0.1, -0.05) is 19.1 Å². The second-order valence-electron chi connectivity index (χ2n) is 5.23. The number of hydrogen-bond acceptors (Lipinski definition) is 3. The summed E-state index contributed by atoms with van der Waals surface area (Å²) in [5.74, 6) is 0.317. The number of aryl methyl sites for hydroxylation is 1. The molecule has 0 saturated heterocycles. The highest BCUT2D eigenvalue weighted by molar-refractivity contribution is 7.15. The van der Waals surface area contributed by atoms with Crippen LogP contribution >= 0.6 is 11.3 Å². The highest BCUT2D eigenvalue weighted by Crippen LogP contribution is 2.38. The van der Waals surface area contributed by atoms with Gasteiger partial charge in [-0.3, -0.25) is 0 Å². The maximum Gasteiger partial charge on any atom is 0.123 e. The van der Waals surface area contributed by atoms with E-state index in [2.05, 4.69) is 12.2 Å². The number of likely N-dealkylation sites (N-methyl/N-ethyl adjacent to an activating group) is 1. The Labute approximate surface area is 123 Å². The number of thiazole rings is 1. The van der Waals surface area contributed by atoms with Crippen LogP contribution in [0.4, 0.5) is 4.39 Å². The van der Waals surface area contributed by atoms with Gasteiger partial charge in [-0.05, 0) is 37.9 Å². The minimum Gasteiger partial charge on any atom is -0.316 e. The predicted molar refractivity (Wildman–Crippen MR) is 81.7 cm³/mol. The summed E-state index contributed by atoms with van der Waals surface area (Å²) in [6, 6.07) is 6.74. The first-order chi connectivity index (χ1) is 9.78. The van der Waals surface area contributed by atoms with E-state index >= 15 is 0 Å². The Bertz CT molecular complexity index is 594. The van der Waals surface area contributed by atoms with Gasteiger partial charge in [-0.25, -0.2) is 9.37 Å². The van der Waals surface area contributed by atoms with Crippen molar-refractivity contribution in [3.63, 3.8) is 0 Å². The summed E-state index contributed by atoms with van der Waals surface area (Å²) in [5, 5.41) is 4.38. The van der Waals surface area contributed by atoms with Gasteiger partial charge in [0, 0.05) is 22.9 Å². The average Bonchev–Trinajstić information content (AvgIpc) is 2.89. The standard InChI is InChI=1S/C16H19FN2S/c1-2-18-10-12-6-4-8-14-15(12)19-16(20-14)11-5-3-7-13(17)9-11/h3,5,7,9,12,18H,2,4,6,8,10H2,1H3. The minimum absolute atomic E-state index is 0.195. The van der Waals surface area contributed by atoms with Crippen LogP contribution in [-0.2, 0) is 6.42 Å². The Morgan fingerprint density at radius 1 is 1.45 bits per heavy atom. The molecule has 1 aromatic heterocycles. The van der Waals surface area contributed by atoms with Crippen molar-refractivity contribution in [3.05, 3.63) is 40.7 Å². The van der Waals surface area contributed by atoms with Gasteiger partial charge in [0.05, 0.1) is 5.69 Å². The van der Waals surface area contributed by atoms with E-state index in [4.69, 9.17) is 4.98 Å². The Hall–Kier alpha value is -1.26. The lowest BCUT2D eigenvalue weighted by Crippen LogP contribution is -2.23. The summed E-state index contributed by atoms with van der Waals surface area (Å²) < 4.78 is 13.3. The van der Waals surface area contributed by atoms with Gasteiger partial charge in [0.25, 0.3) is 0 Å². The van der Waals surface area contributed by atoms with Crippen LogP contribution in [0.25, 0.3) is 10.6 Å². The third-order valence-corrected chi connectivity index (χ3v) is 4.96. The average molecular weight is 290 g/mol. The zero-order valence-electron chi connectivity index (χ0n) is 11.7. The molecular weight excluding hydrogens is 271 g/mol. The molecule has 106 valence electrons. The number of fused-ring (bicyclic) bond motifs is 1. The van der Waals surface area contributed by atoms with Crippen molar-refractivity contribution in [2.75, 3.05) is 13.1 Å². The normalized spacial score (nSPS) is 18.0. The van der Waals surface area contributed by atoms with Crippen LogP contribution in [0.1, 0.15) is 36.3 Å². The monoisotopic (exact) mass is 290 g/mol. The van der Waals surface area contributed by atoms with E-state index in [9.17, 15) is 4.39 Å². The van der Waals surface area contributed by atoms with Crippen molar-refractivity contribution < 1.29 is 4.39 Å². The highest BCUT2D eigenvalue weighted by Gasteiger charge is 2.24. The molecule has 0 bridgehead atoms. The number of benzene rings is 1. The highest BCUT2D eigenvalue weighted by atomic mass is 32.1. The molecule has 1 aliphatic rings. The zero-order chi connectivity index (χ0) is 13.9. The van der Waals surface area contributed by atoms with Crippen molar-refractivity contribution in [3.8, 4) is 10.6 Å². The van der Waals surface area contributed by atoms with Gasteiger partial charge in [-0.2, -0.15) is 0 Å². The van der Waals surface area contributed by atoms with Crippen LogP contribution in [0, 0.1) is 5.82 Å². The van der Waals surface area contributed by atoms with E-state index in [0.717, 1.165) is 30.1 Å². The molecule has 1 N–H and O–H groups in total. The van der Waals surface area contributed by atoms with E-state index in [1.165, 1.54) is 29.5 Å². The summed E-state index contributed by atoms with van der Waals surface area (Å²) in [6.07, 6.45) is 3.55. The van der Waals surface area contributed by atoms with Crippen LogP contribution < -0.4 is 5.32 Å². The summed E-state index contributed by atoms with van der Waals surface area (Å²) in [4.78, 5) is 6.20. The third kappa shape index (κ3) is 2.76. The van der Waals surface area contributed by atoms with E-state index in [1.807, 2.05) is 6.07 Å². The molecule has 4 heteroatoms. The second kappa shape index (κ2) is 6.02. The van der Waals surface area contributed by atoms with Gasteiger partial charge in [-0.15, -0.1) is 11.3 Å². The van der Waals surface area contributed by atoms with Gasteiger partial charge < -0.3 is 5.32 Å². The Morgan fingerprint density at radius 3 is 3.15 bits per heavy atom. The van der Waals surface area contributed by atoms with Crippen LogP contribution in [0.15, 0.2) is 24.3 Å². The number of hydrogen-bond donors (Lipinski definition) is 1. The molecule has 20 heavy (non-hydrogen) atoms. The van der Waals surface area contributed by atoms with E-state index < -0.39 is 0 Å². The van der Waals surface area contributed by atoms with E-state index in [1.54, 1.807) is 23.5 Å². The molecular formula is C16H19FN2S. The maximum absolute atomic E-state index is 13.3. The van der Waals surface area contributed by atoms with Crippen molar-refractivity contribution in [1.29, 1.82) is 0 Å². The van der Waals surface area contributed by atoms with Crippen molar-refractivity contribution in [1.82, 2.24) is 10.3 Å². The molecule has 0 spiro atoms. The van der Waals surface area contributed by atoms with Crippen LogP contribution in [0.3, 0.4) is 0 Å². The van der Waals surface area contributed by atoms with Crippen molar-refractivity contribution >= 4 is 11.3 Å². The first kappa shape index (κ1) is 13.7. The molecule has 0 radical (unpaired) electrons. The molecule has 0 amide bonds. The quantitative estimate of drug-likeness (QED) is 0.921. The zero-order valence-corrected chi connectivity index (χ0v) is 12.5. The molecule has 2 aromatic rings. The first-order valence-electron chi connectivity index (χ1n) is 7.24. The lowest BCUT2D eigenvalue weighted by atomic mass is 9.91. The first-order valence-corrected chi connectivity index (χ1v) is 8.06. The Balaban J connectivity index is 1.91. The van der Waals surface area contributed by atoms with Crippen LogP contribution in [0.5, 0.6) is 0 Å².